The summed E-state index contributed by atoms with van der Waals surface area (Å²) < 4.78 is 0.874. The maximum atomic E-state index is 5.19. The molecule has 1 saturated carbocycles. The molecule has 0 spiro atoms. The molecule has 0 bridgehead atoms. The van der Waals surface area contributed by atoms with Gasteiger partial charge in [-0.15, -0.1) is 0 Å². The van der Waals surface area contributed by atoms with Crippen molar-refractivity contribution >= 4 is 39.5 Å². The molecule has 0 aromatic carbocycles. The van der Waals surface area contributed by atoms with E-state index < -0.39 is 0 Å². The molecule has 1 fully saturated rings. The standard InChI is InChI=1S/C11H16BrN5S/c12-9-6-13-16-10(9)7-14-17-11(18)15-8-4-2-1-3-5-8/h6-8H,1-5H2,(H,13,16)(H2,15,17,18). The van der Waals surface area contributed by atoms with Gasteiger partial charge in [0, 0.05) is 6.04 Å². The van der Waals surface area contributed by atoms with E-state index in [2.05, 4.69) is 42.0 Å². The molecule has 0 unspecified atom stereocenters. The van der Waals surface area contributed by atoms with Crippen LogP contribution in [-0.4, -0.2) is 27.6 Å². The van der Waals surface area contributed by atoms with Gasteiger partial charge in [-0.25, -0.2) is 0 Å². The van der Waals surface area contributed by atoms with Gasteiger partial charge in [0.2, 0.25) is 0 Å². The predicted molar refractivity (Wildman–Crippen MR) is 79.6 cm³/mol. The number of aromatic nitrogens is 2. The molecule has 1 aliphatic carbocycles. The van der Waals surface area contributed by atoms with E-state index in [9.17, 15) is 0 Å². The van der Waals surface area contributed by atoms with Crippen LogP contribution >= 0.6 is 28.1 Å². The molecule has 1 aliphatic rings. The molecule has 2 rings (SSSR count). The Morgan fingerprint density at radius 1 is 1.50 bits per heavy atom. The van der Waals surface area contributed by atoms with E-state index in [4.69, 9.17) is 12.2 Å². The minimum Gasteiger partial charge on any atom is -0.359 e. The molecule has 1 aromatic rings. The van der Waals surface area contributed by atoms with Crippen molar-refractivity contribution in [3.63, 3.8) is 0 Å². The highest BCUT2D eigenvalue weighted by Gasteiger charge is 2.13. The van der Waals surface area contributed by atoms with Crippen LogP contribution < -0.4 is 10.7 Å². The summed E-state index contributed by atoms with van der Waals surface area (Å²) in [6.45, 7) is 0. The summed E-state index contributed by atoms with van der Waals surface area (Å²) in [6.07, 6.45) is 9.61. The van der Waals surface area contributed by atoms with Gasteiger partial charge in [-0.05, 0) is 41.0 Å². The summed E-state index contributed by atoms with van der Waals surface area (Å²) in [7, 11) is 0. The average molecular weight is 330 g/mol. The van der Waals surface area contributed by atoms with Gasteiger partial charge in [-0.2, -0.15) is 10.2 Å². The third-order valence-electron chi connectivity index (χ3n) is 2.92. The summed E-state index contributed by atoms with van der Waals surface area (Å²) in [5.41, 5.74) is 3.62. The van der Waals surface area contributed by atoms with E-state index in [1.54, 1.807) is 12.4 Å². The van der Waals surface area contributed by atoms with Crippen LogP contribution in [0.5, 0.6) is 0 Å². The Kier molecular flexibility index (Phi) is 5.12. The number of nitrogens with one attached hydrogen (secondary N) is 3. The second-order valence-corrected chi connectivity index (χ2v) is 5.57. The van der Waals surface area contributed by atoms with E-state index in [1.165, 1.54) is 32.1 Å². The van der Waals surface area contributed by atoms with E-state index >= 15 is 0 Å². The number of rotatable bonds is 3. The molecule has 3 N–H and O–H groups in total. The number of hydrogen-bond donors (Lipinski definition) is 3. The fraction of sp³-hybridized carbons (Fsp3) is 0.545. The number of aromatic amines is 1. The van der Waals surface area contributed by atoms with Crippen molar-refractivity contribution in [3.05, 3.63) is 16.4 Å². The molecule has 1 aromatic heterocycles. The monoisotopic (exact) mass is 329 g/mol. The molecule has 7 heteroatoms. The van der Waals surface area contributed by atoms with Crippen molar-refractivity contribution in [2.75, 3.05) is 0 Å². The second kappa shape index (κ2) is 6.84. The third-order valence-corrected chi connectivity index (χ3v) is 3.76. The van der Waals surface area contributed by atoms with Crippen LogP contribution in [0, 0.1) is 0 Å². The first-order valence-corrected chi connectivity index (χ1v) is 7.24. The van der Waals surface area contributed by atoms with Crippen LogP contribution in [0.25, 0.3) is 0 Å². The van der Waals surface area contributed by atoms with Crippen LogP contribution in [0.2, 0.25) is 0 Å². The summed E-state index contributed by atoms with van der Waals surface area (Å²) >= 11 is 8.54. The number of nitrogens with zero attached hydrogens (tertiary/aromatic N) is 2. The van der Waals surface area contributed by atoms with Gasteiger partial charge in [0.1, 0.15) is 0 Å². The molecule has 98 valence electrons. The highest BCUT2D eigenvalue weighted by molar-refractivity contribution is 9.10. The Bertz CT molecular complexity index is 425. The zero-order valence-electron chi connectivity index (χ0n) is 9.95. The topological polar surface area (TPSA) is 65.1 Å². The van der Waals surface area contributed by atoms with Crippen LogP contribution in [0.15, 0.2) is 15.8 Å². The average Bonchev–Trinajstić information content (AvgIpc) is 2.76. The number of H-pyrrole nitrogens is 1. The molecular weight excluding hydrogens is 314 g/mol. The van der Waals surface area contributed by atoms with Gasteiger partial charge in [0.25, 0.3) is 0 Å². The van der Waals surface area contributed by atoms with Crippen LogP contribution in [0.1, 0.15) is 37.8 Å². The van der Waals surface area contributed by atoms with Crippen LogP contribution in [0.4, 0.5) is 0 Å². The molecule has 0 radical (unpaired) electrons. The summed E-state index contributed by atoms with van der Waals surface area (Å²) in [4.78, 5) is 0. The first-order chi connectivity index (χ1) is 8.75. The van der Waals surface area contributed by atoms with Gasteiger partial charge >= 0.3 is 0 Å². The van der Waals surface area contributed by atoms with Crippen molar-refractivity contribution in [2.45, 2.75) is 38.1 Å². The number of hydrogen-bond acceptors (Lipinski definition) is 3. The van der Waals surface area contributed by atoms with Gasteiger partial charge in [0.15, 0.2) is 5.11 Å². The number of halogens is 1. The SMILES string of the molecule is S=C(NN=Cc1[nH]ncc1Br)NC1CCCCC1. The van der Waals surface area contributed by atoms with Crippen molar-refractivity contribution < 1.29 is 0 Å². The van der Waals surface area contributed by atoms with Crippen molar-refractivity contribution in [2.24, 2.45) is 5.10 Å². The second-order valence-electron chi connectivity index (χ2n) is 4.31. The van der Waals surface area contributed by atoms with Crippen LogP contribution in [-0.2, 0) is 0 Å². The number of thiocarbonyl (C=S) groups is 1. The zero-order chi connectivity index (χ0) is 12.8. The predicted octanol–water partition coefficient (Wildman–Crippen LogP) is 2.30. The molecular formula is C11H16BrN5S. The third kappa shape index (κ3) is 4.06. The Labute approximate surface area is 120 Å². The summed E-state index contributed by atoms with van der Waals surface area (Å²) in [5.74, 6) is 0. The Balaban J connectivity index is 1.74. The maximum absolute atomic E-state index is 5.19. The lowest BCUT2D eigenvalue weighted by atomic mass is 9.96. The Morgan fingerprint density at radius 3 is 2.94 bits per heavy atom. The smallest absolute Gasteiger partial charge is 0.187 e. The lowest BCUT2D eigenvalue weighted by Crippen LogP contribution is -2.40. The lowest BCUT2D eigenvalue weighted by Gasteiger charge is -2.23. The van der Waals surface area contributed by atoms with Gasteiger partial charge in [0.05, 0.1) is 22.6 Å². The highest BCUT2D eigenvalue weighted by atomic mass is 79.9. The van der Waals surface area contributed by atoms with Crippen molar-refractivity contribution in [3.8, 4) is 0 Å². The van der Waals surface area contributed by atoms with E-state index in [0.717, 1.165) is 10.2 Å². The Hall–Kier alpha value is -0.950. The zero-order valence-corrected chi connectivity index (χ0v) is 12.4. The molecule has 0 saturated heterocycles. The maximum Gasteiger partial charge on any atom is 0.187 e. The van der Waals surface area contributed by atoms with Gasteiger partial charge < -0.3 is 5.32 Å². The minimum absolute atomic E-state index is 0.493. The molecule has 5 nitrogen and oxygen atoms in total. The largest absolute Gasteiger partial charge is 0.359 e. The molecule has 18 heavy (non-hydrogen) atoms. The first-order valence-electron chi connectivity index (χ1n) is 6.04. The number of hydrazone groups is 1. The summed E-state index contributed by atoms with van der Waals surface area (Å²) in [5, 5.41) is 14.6. The van der Waals surface area contributed by atoms with E-state index in [0.29, 0.717) is 11.2 Å². The van der Waals surface area contributed by atoms with Crippen LogP contribution in [0.3, 0.4) is 0 Å². The molecule has 0 amide bonds. The lowest BCUT2D eigenvalue weighted by molar-refractivity contribution is 0.412. The van der Waals surface area contributed by atoms with Gasteiger partial charge in [-0.3, -0.25) is 10.5 Å². The highest BCUT2D eigenvalue weighted by Crippen LogP contribution is 2.17. The van der Waals surface area contributed by atoms with E-state index in [1.807, 2.05) is 0 Å². The normalized spacial score (nSPS) is 16.9. The van der Waals surface area contributed by atoms with Crippen molar-refractivity contribution in [1.82, 2.24) is 20.9 Å². The quantitative estimate of drug-likeness (QED) is 0.452. The fourth-order valence-electron chi connectivity index (χ4n) is 1.99. The fourth-order valence-corrected chi connectivity index (χ4v) is 2.50. The van der Waals surface area contributed by atoms with E-state index in [-0.39, 0.29) is 0 Å². The van der Waals surface area contributed by atoms with Crippen molar-refractivity contribution in [1.29, 1.82) is 0 Å². The molecule has 0 atom stereocenters. The molecule has 1 heterocycles. The van der Waals surface area contributed by atoms with Gasteiger partial charge in [-0.1, -0.05) is 19.3 Å². The minimum atomic E-state index is 0.493. The Morgan fingerprint density at radius 2 is 2.28 bits per heavy atom. The summed E-state index contributed by atoms with van der Waals surface area (Å²) in [6, 6.07) is 0.493. The first kappa shape index (κ1) is 13.5. The molecule has 0 aliphatic heterocycles.